The van der Waals surface area contributed by atoms with Gasteiger partial charge in [-0.15, -0.1) is 0 Å². The number of nitrogens with zero attached hydrogens (tertiary/aromatic N) is 3. The Bertz CT molecular complexity index is 565. The summed E-state index contributed by atoms with van der Waals surface area (Å²) in [6.45, 7) is 4.45. The molecule has 7 heteroatoms. The van der Waals surface area contributed by atoms with Crippen LogP contribution in [-0.2, 0) is 16.0 Å². The minimum absolute atomic E-state index is 0.0845. The van der Waals surface area contributed by atoms with Gasteiger partial charge in [-0.3, -0.25) is 4.79 Å². The van der Waals surface area contributed by atoms with Crippen LogP contribution in [0.15, 0.2) is 0 Å². The normalized spacial score (nSPS) is 28.3. The second-order valence-corrected chi connectivity index (χ2v) is 5.27. The molecule has 2 aliphatic heterocycles. The number of halogens is 1. The zero-order valence-electron chi connectivity index (χ0n) is 11.0. The van der Waals surface area contributed by atoms with E-state index in [2.05, 4.69) is 15.3 Å². The molecule has 1 amide bonds. The third kappa shape index (κ3) is 1.50. The number of hydrogen-bond donors (Lipinski definition) is 1. The Morgan fingerprint density at radius 3 is 2.95 bits per heavy atom. The second-order valence-electron chi connectivity index (χ2n) is 4.93. The van der Waals surface area contributed by atoms with E-state index in [1.807, 2.05) is 18.7 Å². The highest BCUT2D eigenvalue weighted by Gasteiger charge is 2.59. The highest BCUT2D eigenvalue weighted by Crippen LogP contribution is 2.45. The molecule has 1 aromatic heterocycles. The van der Waals surface area contributed by atoms with E-state index >= 15 is 0 Å². The maximum absolute atomic E-state index is 12.3. The molecule has 2 atom stereocenters. The number of hydrogen-bond acceptors (Lipinski definition) is 5. The van der Waals surface area contributed by atoms with Gasteiger partial charge >= 0.3 is 0 Å². The summed E-state index contributed by atoms with van der Waals surface area (Å²) in [5.74, 6) is 0.603. The first-order valence-corrected chi connectivity index (χ1v) is 6.58. The van der Waals surface area contributed by atoms with E-state index in [0.717, 1.165) is 5.69 Å². The standard InChI is InChI=1S/C12H15ClN4O2/c1-4-6-8-9(16-11(13)14-6)17-5-7(19-3)12(17,2)10(18)15-8/h7H,4-5H2,1-3H3,(H,15,18)/t7-,12+/m0/s1. The Kier molecular flexibility index (Phi) is 2.69. The van der Waals surface area contributed by atoms with Crippen molar-refractivity contribution in [2.45, 2.75) is 31.9 Å². The first kappa shape index (κ1) is 12.6. The number of fused-ring (bicyclic) bond motifs is 3. The summed E-state index contributed by atoms with van der Waals surface area (Å²) < 4.78 is 5.35. The largest absolute Gasteiger partial charge is 0.377 e. The molecule has 1 N–H and O–H groups in total. The van der Waals surface area contributed by atoms with Crippen molar-refractivity contribution in [3.05, 3.63) is 11.0 Å². The SMILES string of the molecule is CCc1nc(Cl)nc2c1NC(=O)[C@@]1(C)[C@@H](OC)CN21. The van der Waals surface area contributed by atoms with Crippen molar-refractivity contribution in [2.24, 2.45) is 0 Å². The Labute approximate surface area is 116 Å². The Hall–Kier alpha value is -1.40. The zero-order valence-corrected chi connectivity index (χ0v) is 11.8. The van der Waals surface area contributed by atoms with Crippen LogP contribution in [0.4, 0.5) is 11.5 Å². The monoisotopic (exact) mass is 282 g/mol. The van der Waals surface area contributed by atoms with Gasteiger partial charge < -0.3 is 15.0 Å². The number of aryl methyl sites for hydroxylation is 1. The molecule has 1 aromatic rings. The Morgan fingerprint density at radius 2 is 2.32 bits per heavy atom. The van der Waals surface area contributed by atoms with Gasteiger partial charge in [0.2, 0.25) is 5.28 Å². The van der Waals surface area contributed by atoms with Gasteiger partial charge in [0.25, 0.3) is 5.91 Å². The molecule has 3 heterocycles. The number of aromatic nitrogens is 2. The van der Waals surface area contributed by atoms with Crippen LogP contribution in [0.5, 0.6) is 0 Å². The van der Waals surface area contributed by atoms with E-state index in [9.17, 15) is 4.79 Å². The third-order valence-corrected chi connectivity index (χ3v) is 4.22. The highest BCUT2D eigenvalue weighted by atomic mass is 35.5. The van der Waals surface area contributed by atoms with Crippen LogP contribution in [0.25, 0.3) is 0 Å². The molecular weight excluding hydrogens is 268 g/mol. The predicted octanol–water partition coefficient (Wildman–Crippen LogP) is 1.24. The molecule has 2 aliphatic rings. The van der Waals surface area contributed by atoms with Gasteiger partial charge in [-0.25, -0.2) is 4.98 Å². The number of anilines is 2. The summed E-state index contributed by atoms with van der Waals surface area (Å²) in [5, 5.41) is 3.10. The lowest BCUT2D eigenvalue weighted by atomic mass is 9.80. The van der Waals surface area contributed by atoms with Crippen LogP contribution in [-0.4, -0.2) is 41.2 Å². The van der Waals surface area contributed by atoms with Gasteiger partial charge in [-0.1, -0.05) is 6.92 Å². The fourth-order valence-corrected chi connectivity index (χ4v) is 2.94. The van der Waals surface area contributed by atoms with Crippen LogP contribution in [0.3, 0.4) is 0 Å². The average molecular weight is 283 g/mol. The molecule has 6 nitrogen and oxygen atoms in total. The van der Waals surface area contributed by atoms with Crippen LogP contribution in [0.2, 0.25) is 5.28 Å². The van der Waals surface area contributed by atoms with E-state index in [1.165, 1.54) is 0 Å². The van der Waals surface area contributed by atoms with Crippen molar-refractivity contribution in [1.29, 1.82) is 0 Å². The van der Waals surface area contributed by atoms with Gasteiger partial charge in [0.1, 0.15) is 17.3 Å². The molecule has 0 saturated carbocycles. The van der Waals surface area contributed by atoms with Crippen LogP contribution in [0.1, 0.15) is 19.5 Å². The molecule has 0 spiro atoms. The maximum atomic E-state index is 12.3. The highest BCUT2D eigenvalue weighted by molar-refractivity contribution is 6.28. The summed E-state index contributed by atoms with van der Waals surface area (Å²) in [6.07, 6.45) is 0.544. The lowest BCUT2D eigenvalue weighted by Crippen LogP contribution is -2.77. The van der Waals surface area contributed by atoms with E-state index in [0.29, 0.717) is 24.5 Å². The van der Waals surface area contributed by atoms with Crippen molar-refractivity contribution in [2.75, 3.05) is 23.9 Å². The molecule has 19 heavy (non-hydrogen) atoms. The summed E-state index contributed by atoms with van der Waals surface area (Å²) in [7, 11) is 1.61. The first-order chi connectivity index (χ1) is 9.02. The molecule has 0 radical (unpaired) electrons. The van der Waals surface area contributed by atoms with E-state index in [4.69, 9.17) is 16.3 Å². The smallest absolute Gasteiger partial charge is 0.252 e. The fraction of sp³-hybridized carbons (Fsp3) is 0.583. The molecular formula is C12H15ClN4O2. The van der Waals surface area contributed by atoms with E-state index < -0.39 is 5.54 Å². The third-order valence-electron chi connectivity index (χ3n) is 4.05. The van der Waals surface area contributed by atoms with Crippen molar-refractivity contribution in [3.8, 4) is 0 Å². The lowest BCUT2D eigenvalue weighted by Gasteiger charge is -2.57. The molecule has 0 unspecified atom stereocenters. The fourth-order valence-electron chi connectivity index (χ4n) is 2.76. The van der Waals surface area contributed by atoms with E-state index in [1.54, 1.807) is 7.11 Å². The topological polar surface area (TPSA) is 67.3 Å². The van der Waals surface area contributed by atoms with Gasteiger partial charge in [0.15, 0.2) is 5.82 Å². The zero-order chi connectivity index (χ0) is 13.8. The first-order valence-electron chi connectivity index (χ1n) is 6.20. The summed E-state index contributed by atoms with van der Waals surface area (Å²) >= 11 is 5.96. The Balaban J connectivity index is 2.13. The summed E-state index contributed by atoms with van der Waals surface area (Å²) in [4.78, 5) is 22.7. The number of carbonyl (C=O) groups excluding carboxylic acids is 1. The number of carbonyl (C=O) groups is 1. The molecule has 1 fully saturated rings. The second kappa shape index (κ2) is 4.05. The number of ether oxygens (including phenoxy) is 1. The van der Waals surface area contributed by atoms with Crippen LogP contribution in [0, 0.1) is 0 Å². The van der Waals surface area contributed by atoms with Gasteiger partial charge in [0, 0.05) is 13.7 Å². The molecule has 0 bridgehead atoms. The molecule has 102 valence electrons. The van der Waals surface area contributed by atoms with Crippen molar-refractivity contribution in [3.63, 3.8) is 0 Å². The molecule has 0 aromatic carbocycles. The number of rotatable bonds is 2. The quantitative estimate of drug-likeness (QED) is 0.827. The predicted molar refractivity (Wildman–Crippen MR) is 71.6 cm³/mol. The van der Waals surface area contributed by atoms with Crippen molar-refractivity contribution in [1.82, 2.24) is 9.97 Å². The van der Waals surface area contributed by atoms with E-state index in [-0.39, 0.29) is 17.3 Å². The van der Waals surface area contributed by atoms with Gasteiger partial charge in [-0.05, 0) is 24.9 Å². The number of nitrogens with one attached hydrogen (secondary N) is 1. The lowest BCUT2D eigenvalue weighted by molar-refractivity contribution is -0.131. The van der Waals surface area contributed by atoms with Crippen molar-refractivity contribution >= 4 is 29.0 Å². The number of methoxy groups -OCH3 is 1. The van der Waals surface area contributed by atoms with Gasteiger partial charge in [0.05, 0.1) is 5.69 Å². The summed E-state index contributed by atoms with van der Waals surface area (Å²) in [5.41, 5.74) is 0.708. The molecule has 1 saturated heterocycles. The van der Waals surface area contributed by atoms with Crippen LogP contribution >= 0.6 is 11.6 Å². The Morgan fingerprint density at radius 1 is 1.58 bits per heavy atom. The minimum atomic E-state index is -0.718. The molecule has 3 rings (SSSR count). The minimum Gasteiger partial charge on any atom is -0.377 e. The van der Waals surface area contributed by atoms with Gasteiger partial charge in [-0.2, -0.15) is 4.98 Å². The van der Waals surface area contributed by atoms with Crippen LogP contribution < -0.4 is 10.2 Å². The average Bonchev–Trinajstić information content (AvgIpc) is 2.37. The summed E-state index contributed by atoms with van der Waals surface area (Å²) in [6, 6.07) is 0. The van der Waals surface area contributed by atoms with Crippen molar-refractivity contribution < 1.29 is 9.53 Å². The maximum Gasteiger partial charge on any atom is 0.252 e. The number of amides is 1. The molecule has 0 aliphatic carbocycles.